The van der Waals surface area contributed by atoms with Crippen LogP contribution in [-0.2, 0) is 6.54 Å². The molecule has 84 valence electrons. The summed E-state index contributed by atoms with van der Waals surface area (Å²) < 4.78 is 5.34. The molecule has 0 radical (unpaired) electrons. The predicted octanol–water partition coefficient (Wildman–Crippen LogP) is 1.84. The first kappa shape index (κ1) is 9.87. The van der Waals surface area contributed by atoms with E-state index in [1.165, 1.54) is 10.9 Å². The Morgan fingerprint density at radius 3 is 2.94 bits per heavy atom. The average molecular weight is 216 g/mol. The zero-order valence-electron chi connectivity index (χ0n) is 9.28. The lowest BCUT2D eigenvalue weighted by Gasteiger charge is -2.27. The van der Waals surface area contributed by atoms with Gasteiger partial charge in [-0.05, 0) is 23.8 Å². The van der Waals surface area contributed by atoms with Gasteiger partial charge >= 0.3 is 0 Å². The number of furan rings is 1. The summed E-state index contributed by atoms with van der Waals surface area (Å²) in [6.45, 7) is 5.54. The molecular formula is C13H16N2O. The average Bonchev–Trinajstić information content (AvgIpc) is 2.77. The lowest BCUT2D eigenvalue weighted by molar-refractivity contribution is 0.233. The number of hydrogen-bond acceptors (Lipinski definition) is 3. The third kappa shape index (κ3) is 1.96. The van der Waals surface area contributed by atoms with Gasteiger partial charge in [-0.25, -0.2) is 0 Å². The van der Waals surface area contributed by atoms with E-state index in [-0.39, 0.29) is 0 Å². The zero-order valence-corrected chi connectivity index (χ0v) is 9.28. The summed E-state index contributed by atoms with van der Waals surface area (Å²) in [4.78, 5) is 2.48. The Kier molecular flexibility index (Phi) is 2.64. The number of benzene rings is 1. The molecule has 1 aliphatic rings. The van der Waals surface area contributed by atoms with Gasteiger partial charge < -0.3 is 9.73 Å². The van der Waals surface area contributed by atoms with Crippen LogP contribution >= 0.6 is 0 Å². The number of piperazine rings is 1. The maximum Gasteiger partial charge on any atom is 0.133 e. The van der Waals surface area contributed by atoms with Gasteiger partial charge in [-0.2, -0.15) is 0 Å². The number of fused-ring (bicyclic) bond motifs is 1. The molecule has 1 aliphatic heterocycles. The Morgan fingerprint density at radius 2 is 2.06 bits per heavy atom. The molecule has 1 fully saturated rings. The van der Waals surface area contributed by atoms with Crippen LogP contribution < -0.4 is 5.32 Å². The van der Waals surface area contributed by atoms with Gasteiger partial charge in [-0.15, -0.1) is 0 Å². The molecule has 1 aromatic heterocycles. The van der Waals surface area contributed by atoms with Gasteiger partial charge in [-0.3, -0.25) is 4.90 Å². The number of hydrogen-bond donors (Lipinski definition) is 1. The summed E-state index contributed by atoms with van der Waals surface area (Å²) >= 11 is 0. The minimum atomic E-state index is 0.976. The summed E-state index contributed by atoms with van der Waals surface area (Å²) in [5.41, 5.74) is 2.35. The highest BCUT2D eigenvalue weighted by Gasteiger charge is 2.10. The highest BCUT2D eigenvalue weighted by molar-refractivity contribution is 5.77. The van der Waals surface area contributed by atoms with E-state index in [1.54, 1.807) is 6.26 Å². The van der Waals surface area contributed by atoms with E-state index in [0.717, 1.165) is 38.3 Å². The SMILES string of the molecule is c1cc2cc(CN3CCNCC3)ccc2o1. The molecule has 3 nitrogen and oxygen atoms in total. The highest BCUT2D eigenvalue weighted by atomic mass is 16.3. The van der Waals surface area contributed by atoms with E-state index in [2.05, 4.69) is 28.4 Å². The zero-order chi connectivity index (χ0) is 10.8. The third-order valence-electron chi connectivity index (χ3n) is 3.13. The van der Waals surface area contributed by atoms with Gasteiger partial charge in [0.1, 0.15) is 5.58 Å². The van der Waals surface area contributed by atoms with E-state index in [4.69, 9.17) is 4.42 Å². The number of rotatable bonds is 2. The minimum absolute atomic E-state index is 0.976. The molecule has 1 N–H and O–H groups in total. The second kappa shape index (κ2) is 4.28. The van der Waals surface area contributed by atoms with Crippen molar-refractivity contribution in [2.75, 3.05) is 26.2 Å². The van der Waals surface area contributed by atoms with Gasteiger partial charge in [-0.1, -0.05) is 6.07 Å². The Balaban J connectivity index is 1.77. The van der Waals surface area contributed by atoms with Crippen LogP contribution in [0.3, 0.4) is 0 Å². The van der Waals surface area contributed by atoms with Crippen LogP contribution in [0, 0.1) is 0 Å². The summed E-state index contributed by atoms with van der Waals surface area (Å²) in [5, 5.41) is 4.57. The van der Waals surface area contributed by atoms with Crippen molar-refractivity contribution in [2.24, 2.45) is 0 Å². The molecule has 0 bridgehead atoms. The molecule has 2 heterocycles. The molecule has 0 atom stereocenters. The van der Waals surface area contributed by atoms with Crippen LogP contribution in [0.25, 0.3) is 11.0 Å². The Hall–Kier alpha value is -1.32. The van der Waals surface area contributed by atoms with Crippen LogP contribution in [0.15, 0.2) is 34.9 Å². The standard InChI is InChI=1S/C13H16N2O/c1-2-13-12(3-8-16-13)9-11(1)10-15-6-4-14-5-7-15/h1-3,8-9,14H,4-7,10H2. The molecule has 2 aromatic rings. The van der Waals surface area contributed by atoms with Crippen LogP contribution in [0.4, 0.5) is 0 Å². The van der Waals surface area contributed by atoms with E-state index in [1.807, 2.05) is 6.07 Å². The van der Waals surface area contributed by atoms with Crippen molar-refractivity contribution in [1.29, 1.82) is 0 Å². The highest BCUT2D eigenvalue weighted by Crippen LogP contribution is 2.18. The largest absolute Gasteiger partial charge is 0.464 e. The molecule has 0 aliphatic carbocycles. The van der Waals surface area contributed by atoms with Crippen molar-refractivity contribution in [3.8, 4) is 0 Å². The van der Waals surface area contributed by atoms with Gasteiger partial charge in [0.2, 0.25) is 0 Å². The van der Waals surface area contributed by atoms with Gasteiger partial charge in [0.15, 0.2) is 0 Å². The quantitative estimate of drug-likeness (QED) is 0.830. The van der Waals surface area contributed by atoms with Crippen molar-refractivity contribution in [2.45, 2.75) is 6.54 Å². The molecular weight excluding hydrogens is 200 g/mol. The fourth-order valence-electron chi connectivity index (χ4n) is 2.24. The third-order valence-corrected chi connectivity index (χ3v) is 3.13. The summed E-state index contributed by atoms with van der Waals surface area (Å²) in [6, 6.07) is 8.47. The molecule has 1 aromatic carbocycles. The molecule has 1 saturated heterocycles. The Bertz CT molecular complexity index is 471. The molecule has 0 saturated carbocycles. The minimum Gasteiger partial charge on any atom is -0.464 e. The van der Waals surface area contributed by atoms with E-state index < -0.39 is 0 Å². The van der Waals surface area contributed by atoms with E-state index in [0.29, 0.717) is 0 Å². The van der Waals surface area contributed by atoms with Crippen LogP contribution in [0.5, 0.6) is 0 Å². The molecule has 3 heteroatoms. The van der Waals surface area contributed by atoms with Crippen molar-refractivity contribution in [3.05, 3.63) is 36.1 Å². The Morgan fingerprint density at radius 1 is 1.19 bits per heavy atom. The number of nitrogens with one attached hydrogen (secondary N) is 1. The lowest BCUT2D eigenvalue weighted by atomic mass is 10.1. The van der Waals surface area contributed by atoms with Crippen LogP contribution in [0.1, 0.15) is 5.56 Å². The number of nitrogens with zero attached hydrogens (tertiary/aromatic N) is 1. The second-order valence-electron chi connectivity index (χ2n) is 4.32. The molecule has 0 amide bonds. The van der Waals surface area contributed by atoms with Crippen molar-refractivity contribution in [1.82, 2.24) is 10.2 Å². The van der Waals surface area contributed by atoms with E-state index in [9.17, 15) is 0 Å². The topological polar surface area (TPSA) is 28.4 Å². The van der Waals surface area contributed by atoms with Gasteiger partial charge in [0.05, 0.1) is 6.26 Å². The van der Waals surface area contributed by atoms with Crippen LogP contribution in [-0.4, -0.2) is 31.1 Å². The van der Waals surface area contributed by atoms with E-state index >= 15 is 0 Å². The molecule has 0 unspecified atom stereocenters. The Labute approximate surface area is 95.0 Å². The predicted molar refractivity (Wildman–Crippen MR) is 64.4 cm³/mol. The summed E-state index contributed by atoms with van der Waals surface area (Å²) in [6.07, 6.45) is 1.75. The van der Waals surface area contributed by atoms with Crippen LogP contribution in [0.2, 0.25) is 0 Å². The maximum atomic E-state index is 5.34. The summed E-state index contributed by atoms with van der Waals surface area (Å²) in [5.74, 6) is 0. The summed E-state index contributed by atoms with van der Waals surface area (Å²) in [7, 11) is 0. The molecule has 0 spiro atoms. The first-order valence-corrected chi connectivity index (χ1v) is 5.81. The first-order valence-electron chi connectivity index (χ1n) is 5.81. The first-order chi connectivity index (χ1) is 7.92. The smallest absolute Gasteiger partial charge is 0.133 e. The van der Waals surface area contributed by atoms with Crippen molar-refractivity contribution in [3.63, 3.8) is 0 Å². The van der Waals surface area contributed by atoms with Crippen molar-refractivity contribution >= 4 is 11.0 Å². The lowest BCUT2D eigenvalue weighted by Crippen LogP contribution is -2.42. The van der Waals surface area contributed by atoms with Gasteiger partial charge in [0.25, 0.3) is 0 Å². The fourth-order valence-corrected chi connectivity index (χ4v) is 2.24. The monoisotopic (exact) mass is 216 g/mol. The fraction of sp³-hybridized carbons (Fsp3) is 0.385. The van der Waals surface area contributed by atoms with Gasteiger partial charge in [0, 0.05) is 38.1 Å². The second-order valence-corrected chi connectivity index (χ2v) is 4.32. The van der Waals surface area contributed by atoms with Crippen molar-refractivity contribution < 1.29 is 4.42 Å². The normalized spacial score (nSPS) is 18.0. The molecule has 16 heavy (non-hydrogen) atoms. The maximum absolute atomic E-state index is 5.34. The molecule has 3 rings (SSSR count).